The lowest BCUT2D eigenvalue weighted by atomic mass is 9.92. The Morgan fingerprint density at radius 3 is 2.52 bits per heavy atom. The largest absolute Gasteiger partial charge is 0.469 e. The summed E-state index contributed by atoms with van der Waals surface area (Å²) in [4.78, 5) is 12.1. The predicted molar refractivity (Wildman–Crippen MR) is 83.2 cm³/mol. The second-order valence-electron chi connectivity index (χ2n) is 5.35. The highest BCUT2D eigenvalue weighted by molar-refractivity contribution is 5.81. The molecule has 21 heavy (non-hydrogen) atoms. The van der Waals surface area contributed by atoms with Crippen LogP contribution in [-0.4, -0.2) is 13.1 Å². The van der Waals surface area contributed by atoms with Crippen LogP contribution >= 0.6 is 0 Å². The third kappa shape index (κ3) is 2.77. The molecule has 108 valence electrons. The molecule has 2 atom stereocenters. The van der Waals surface area contributed by atoms with E-state index < -0.39 is 0 Å². The van der Waals surface area contributed by atoms with E-state index in [1.165, 1.54) is 12.7 Å². The van der Waals surface area contributed by atoms with Crippen molar-refractivity contribution in [1.82, 2.24) is 0 Å². The van der Waals surface area contributed by atoms with E-state index in [4.69, 9.17) is 4.74 Å². The van der Waals surface area contributed by atoms with Crippen LogP contribution in [0.1, 0.15) is 35.9 Å². The van der Waals surface area contributed by atoms with Crippen LogP contribution in [0.4, 0.5) is 5.69 Å². The summed E-state index contributed by atoms with van der Waals surface area (Å²) in [5.74, 6) is -0.342. The molecule has 0 spiro atoms. The second kappa shape index (κ2) is 6.00. The van der Waals surface area contributed by atoms with Crippen molar-refractivity contribution >= 4 is 11.7 Å². The Morgan fingerprint density at radius 2 is 1.76 bits per heavy atom. The molecule has 1 aliphatic rings. The fraction of sp³-hybridized carbons (Fsp3) is 0.278. The highest BCUT2D eigenvalue weighted by Crippen LogP contribution is 2.38. The van der Waals surface area contributed by atoms with Gasteiger partial charge in [-0.15, -0.1) is 0 Å². The van der Waals surface area contributed by atoms with Gasteiger partial charge in [0.1, 0.15) is 0 Å². The van der Waals surface area contributed by atoms with Gasteiger partial charge in [-0.05, 0) is 30.0 Å². The van der Waals surface area contributed by atoms with Gasteiger partial charge in [0.25, 0.3) is 0 Å². The number of ether oxygens (including phenoxy) is 1. The predicted octanol–water partition coefficient (Wildman–Crippen LogP) is 3.89. The number of carbonyl (C=O) groups excluding carboxylic acids is 1. The summed E-state index contributed by atoms with van der Waals surface area (Å²) in [5, 5.41) is 3.58. The summed E-state index contributed by atoms with van der Waals surface area (Å²) in [6.45, 7) is 0. The first-order valence-corrected chi connectivity index (χ1v) is 7.28. The zero-order chi connectivity index (χ0) is 14.7. The van der Waals surface area contributed by atoms with E-state index in [-0.39, 0.29) is 17.9 Å². The lowest BCUT2D eigenvalue weighted by Crippen LogP contribution is -2.13. The fourth-order valence-electron chi connectivity index (χ4n) is 3.00. The maximum atomic E-state index is 12.1. The van der Waals surface area contributed by atoms with Crippen molar-refractivity contribution in [3.05, 3.63) is 65.7 Å². The molecular weight excluding hydrogens is 262 g/mol. The van der Waals surface area contributed by atoms with Gasteiger partial charge in [-0.3, -0.25) is 4.79 Å². The molecule has 0 fully saturated rings. The van der Waals surface area contributed by atoms with Crippen molar-refractivity contribution in [3.63, 3.8) is 0 Å². The molecule has 0 unspecified atom stereocenters. The quantitative estimate of drug-likeness (QED) is 0.849. The van der Waals surface area contributed by atoms with Crippen molar-refractivity contribution < 1.29 is 9.53 Å². The Hall–Kier alpha value is -2.29. The number of carbonyl (C=O) groups is 1. The van der Waals surface area contributed by atoms with Gasteiger partial charge in [-0.25, -0.2) is 0 Å². The average Bonchev–Trinajstić information content (AvgIpc) is 2.74. The smallest absolute Gasteiger partial charge is 0.313 e. The van der Waals surface area contributed by atoms with Gasteiger partial charge >= 0.3 is 5.97 Å². The SMILES string of the molecule is COC(=O)[C@H]1CC[C@@H](c2ccccc2)Nc2ccccc21. The minimum atomic E-state index is -0.188. The molecule has 0 radical (unpaired) electrons. The number of benzene rings is 2. The number of rotatable bonds is 2. The monoisotopic (exact) mass is 281 g/mol. The Morgan fingerprint density at radius 1 is 1.05 bits per heavy atom. The van der Waals surface area contributed by atoms with E-state index in [0.717, 1.165) is 24.1 Å². The van der Waals surface area contributed by atoms with Crippen molar-refractivity contribution in [2.45, 2.75) is 24.8 Å². The first-order chi connectivity index (χ1) is 10.3. The third-order valence-electron chi connectivity index (χ3n) is 4.10. The average molecular weight is 281 g/mol. The van der Waals surface area contributed by atoms with Gasteiger partial charge in [-0.1, -0.05) is 48.5 Å². The lowest BCUT2D eigenvalue weighted by Gasteiger charge is -2.18. The van der Waals surface area contributed by atoms with Crippen LogP contribution in [0.2, 0.25) is 0 Å². The third-order valence-corrected chi connectivity index (χ3v) is 4.10. The number of para-hydroxylation sites is 1. The van der Waals surface area contributed by atoms with E-state index in [1.807, 2.05) is 42.5 Å². The molecule has 0 saturated heterocycles. The fourth-order valence-corrected chi connectivity index (χ4v) is 3.00. The standard InChI is InChI=1S/C18H19NO2/c1-21-18(20)15-11-12-16(13-7-3-2-4-8-13)19-17-10-6-5-9-14(15)17/h2-10,15-16,19H,11-12H2,1H3/t15-,16-/m0/s1. The second-order valence-corrected chi connectivity index (χ2v) is 5.35. The van der Waals surface area contributed by atoms with Gasteiger partial charge < -0.3 is 10.1 Å². The Balaban J connectivity index is 1.96. The van der Waals surface area contributed by atoms with E-state index >= 15 is 0 Å². The first kappa shape index (κ1) is 13.7. The summed E-state index contributed by atoms with van der Waals surface area (Å²) in [6, 6.07) is 18.6. The number of hydrogen-bond acceptors (Lipinski definition) is 3. The maximum absolute atomic E-state index is 12.1. The molecule has 1 heterocycles. The maximum Gasteiger partial charge on any atom is 0.313 e. The van der Waals surface area contributed by atoms with Crippen molar-refractivity contribution in [2.24, 2.45) is 0 Å². The normalized spacial score (nSPS) is 20.8. The van der Waals surface area contributed by atoms with Crippen LogP contribution in [0.25, 0.3) is 0 Å². The minimum absolute atomic E-state index is 0.155. The van der Waals surface area contributed by atoms with E-state index in [2.05, 4.69) is 17.4 Å². The minimum Gasteiger partial charge on any atom is -0.469 e. The van der Waals surface area contributed by atoms with Crippen molar-refractivity contribution in [2.75, 3.05) is 12.4 Å². The van der Waals surface area contributed by atoms with Crippen LogP contribution in [0.15, 0.2) is 54.6 Å². The van der Waals surface area contributed by atoms with Crippen LogP contribution in [-0.2, 0) is 9.53 Å². The molecule has 0 aliphatic carbocycles. The number of esters is 1. The van der Waals surface area contributed by atoms with Gasteiger partial charge in [0.15, 0.2) is 0 Å². The molecular formula is C18H19NO2. The molecule has 1 N–H and O–H groups in total. The number of anilines is 1. The molecule has 1 aliphatic heterocycles. The number of fused-ring (bicyclic) bond motifs is 1. The molecule has 0 aromatic heterocycles. The number of hydrogen-bond donors (Lipinski definition) is 1. The molecule has 3 heteroatoms. The highest BCUT2D eigenvalue weighted by atomic mass is 16.5. The van der Waals surface area contributed by atoms with E-state index in [1.54, 1.807) is 0 Å². The molecule has 0 saturated carbocycles. The van der Waals surface area contributed by atoms with Crippen molar-refractivity contribution in [1.29, 1.82) is 0 Å². The van der Waals surface area contributed by atoms with Gasteiger partial charge in [0, 0.05) is 5.69 Å². The number of nitrogens with one attached hydrogen (secondary N) is 1. The van der Waals surface area contributed by atoms with Crippen LogP contribution < -0.4 is 5.32 Å². The van der Waals surface area contributed by atoms with E-state index in [0.29, 0.717) is 0 Å². The summed E-state index contributed by atoms with van der Waals surface area (Å²) < 4.78 is 4.98. The Labute approximate surface area is 124 Å². The lowest BCUT2D eigenvalue weighted by molar-refractivity contribution is -0.142. The summed E-state index contributed by atoms with van der Waals surface area (Å²) >= 11 is 0. The summed E-state index contributed by atoms with van der Waals surface area (Å²) in [6.07, 6.45) is 1.69. The summed E-state index contributed by atoms with van der Waals surface area (Å²) in [7, 11) is 1.46. The molecule has 2 aromatic rings. The van der Waals surface area contributed by atoms with Gasteiger partial charge in [-0.2, -0.15) is 0 Å². The molecule has 3 rings (SSSR count). The van der Waals surface area contributed by atoms with Gasteiger partial charge in [0.05, 0.1) is 19.1 Å². The van der Waals surface area contributed by atoms with Crippen LogP contribution in [0, 0.1) is 0 Å². The van der Waals surface area contributed by atoms with Gasteiger partial charge in [0.2, 0.25) is 0 Å². The highest BCUT2D eigenvalue weighted by Gasteiger charge is 2.29. The number of methoxy groups -OCH3 is 1. The van der Waals surface area contributed by atoms with E-state index in [9.17, 15) is 4.79 Å². The van der Waals surface area contributed by atoms with Crippen LogP contribution in [0.5, 0.6) is 0 Å². The zero-order valence-electron chi connectivity index (χ0n) is 12.1. The topological polar surface area (TPSA) is 38.3 Å². The molecule has 0 amide bonds. The van der Waals surface area contributed by atoms with Crippen molar-refractivity contribution in [3.8, 4) is 0 Å². The summed E-state index contributed by atoms with van der Waals surface area (Å²) in [5.41, 5.74) is 3.31. The first-order valence-electron chi connectivity index (χ1n) is 7.28. The Bertz CT molecular complexity index is 624. The molecule has 2 aromatic carbocycles. The zero-order valence-corrected chi connectivity index (χ0v) is 12.1. The Kier molecular flexibility index (Phi) is 3.91. The molecule has 3 nitrogen and oxygen atoms in total. The molecule has 0 bridgehead atoms. The van der Waals surface area contributed by atoms with Crippen LogP contribution in [0.3, 0.4) is 0 Å².